The second-order valence-corrected chi connectivity index (χ2v) is 4.61. The van der Waals surface area contributed by atoms with Gasteiger partial charge in [-0.2, -0.15) is 5.10 Å². The third-order valence-corrected chi connectivity index (χ3v) is 2.93. The van der Waals surface area contributed by atoms with E-state index in [1.54, 1.807) is 0 Å². The van der Waals surface area contributed by atoms with Gasteiger partial charge in [0.25, 0.3) is 0 Å². The molecular weight excluding hydrogens is 308 g/mol. The molecule has 1 aromatic heterocycles. The van der Waals surface area contributed by atoms with Crippen molar-refractivity contribution in [3.8, 4) is 5.69 Å². The minimum Gasteiger partial charge on any atom is -0.225 e. The van der Waals surface area contributed by atoms with Crippen molar-refractivity contribution in [2.24, 2.45) is 0 Å². The number of aromatic nitrogens is 2. The monoisotopic (exact) mass is 314 g/mol. The van der Waals surface area contributed by atoms with Crippen molar-refractivity contribution in [2.75, 3.05) is 0 Å². The normalized spacial score (nSPS) is 10.5. The Morgan fingerprint density at radius 3 is 2.50 bits per heavy atom. The molecule has 0 N–H and O–H groups in total. The maximum absolute atomic E-state index is 4.33. The van der Waals surface area contributed by atoms with Gasteiger partial charge in [-0.3, -0.25) is 0 Å². The first-order valence-corrected chi connectivity index (χ1v) is 5.74. The highest BCUT2D eigenvalue weighted by Gasteiger charge is 2.06. The maximum Gasteiger partial charge on any atom is 0.129 e. The Morgan fingerprint density at radius 1 is 1.21 bits per heavy atom. The summed E-state index contributed by atoms with van der Waals surface area (Å²) in [4.78, 5) is 0. The standard InChI is InChI=1S/C10H8Br2N2/c1-7-4-2-3-5-8(7)14-10(12)6-9(11)13-14/h2-6H,1H3. The predicted octanol–water partition coefficient (Wildman–Crippen LogP) is 3.71. The zero-order valence-electron chi connectivity index (χ0n) is 7.54. The lowest BCUT2D eigenvalue weighted by Gasteiger charge is -2.05. The molecule has 0 saturated heterocycles. The number of hydrogen-bond acceptors (Lipinski definition) is 1. The molecule has 2 nitrogen and oxygen atoms in total. The largest absolute Gasteiger partial charge is 0.225 e. The second kappa shape index (κ2) is 3.87. The first-order chi connectivity index (χ1) is 6.68. The molecule has 72 valence electrons. The Hall–Kier alpha value is -0.610. The number of aryl methyl sites for hydroxylation is 1. The van der Waals surface area contributed by atoms with Crippen LogP contribution >= 0.6 is 31.9 Å². The predicted molar refractivity (Wildman–Crippen MR) is 63.7 cm³/mol. The highest BCUT2D eigenvalue weighted by molar-refractivity contribution is 9.11. The van der Waals surface area contributed by atoms with Gasteiger partial charge in [-0.1, -0.05) is 18.2 Å². The fraction of sp³-hybridized carbons (Fsp3) is 0.100. The van der Waals surface area contributed by atoms with Crippen LogP contribution < -0.4 is 0 Å². The summed E-state index contributed by atoms with van der Waals surface area (Å²) in [6, 6.07) is 10.1. The van der Waals surface area contributed by atoms with E-state index in [0.717, 1.165) is 14.9 Å². The van der Waals surface area contributed by atoms with Gasteiger partial charge in [0.1, 0.15) is 9.21 Å². The van der Waals surface area contributed by atoms with Crippen LogP contribution in [0.15, 0.2) is 39.5 Å². The molecule has 0 aliphatic heterocycles. The van der Waals surface area contributed by atoms with Gasteiger partial charge in [-0.05, 0) is 50.4 Å². The van der Waals surface area contributed by atoms with Crippen molar-refractivity contribution in [1.82, 2.24) is 9.78 Å². The molecule has 0 aliphatic carbocycles. The Bertz CT molecular complexity index is 463. The number of benzene rings is 1. The molecule has 0 saturated carbocycles. The van der Waals surface area contributed by atoms with Crippen LogP contribution in [0, 0.1) is 6.92 Å². The van der Waals surface area contributed by atoms with Crippen molar-refractivity contribution < 1.29 is 0 Å². The van der Waals surface area contributed by atoms with E-state index in [2.05, 4.69) is 49.9 Å². The highest BCUT2D eigenvalue weighted by Crippen LogP contribution is 2.22. The molecule has 2 aromatic rings. The molecule has 0 unspecified atom stereocenters. The van der Waals surface area contributed by atoms with Gasteiger partial charge >= 0.3 is 0 Å². The van der Waals surface area contributed by atoms with Gasteiger partial charge in [0.2, 0.25) is 0 Å². The molecule has 0 amide bonds. The molecule has 2 rings (SSSR count). The van der Waals surface area contributed by atoms with Crippen molar-refractivity contribution >= 4 is 31.9 Å². The number of hydrogen-bond donors (Lipinski definition) is 0. The molecule has 0 atom stereocenters. The summed E-state index contributed by atoms with van der Waals surface area (Å²) in [5, 5.41) is 4.33. The quantitative estimate of drug-likeness (QED) is 0.784. The van der Waals surface area contributed by atoms with E-state index < -0.39 is 0 Å². The summed E-state index contributed by atoms with van der Waals surface area (Å²) in [5.41, 5.74) is 2.29. The van der Waals surface area contributed by atoms with Crippen LogP contribution in [0.1, 0.15) is 5.56 Å². The van der Waals surface area contributed by atoms with Gasteiger partial charge in [-0.25, -0.2) is 4.68 Å². The van der Waals surface area contributed by atoms with E-state index in [-0.39, 0.29) is 0 Å². The number of nitrogens with zero attached hydrogens (tertiary/aromatic N) is 2. The molecule has 0 bridgehead atoms. The Balaban J connectivity index is 2.60. The van der Waals surface area contributed by atoms with Crippen LogP contribution in [0.2, 0.25) is 0 Å². The average Bonchev–Trinajstić information content (AvgIpc) is 2.46. The molecular formula is C10H8Br2N2. The molecule has 1 heterocycles. The molecule has 0 fully saturated rings. The average molecular weight is 316 g/mol. The summed E-state index contributed by atoms with van der Waals surface area (Å²) in [6.07, 6.45) is 0. The van der Waals surface area contributed by atoms with Gasteiger partial charge < -0.3 is 0 Å². The highest BCUT2D eigenvalue weighted by atomic mass is 79.9. The smallest absolute Gasteiger partial charge is 0.129 e. The van der Waals surface area contributed by atoms with Gasteiger partial charge in [-0.15, -0.1) is 0 Å². The van der Waals surface area contributed by atoms with Gasteiger partial charge in [0.05, 0.1) is 5.69 Å². The van der Waals surface area contributed by atoms with Crippen LogP contribution in [0.25, 0.3) is 5.69 Å². The first kappa shape index (κ1) is 9.93. The Morgan fingerprint density at radius 2 is 1.93 bits per heavy atom. The van der Waals surface area contributed by atoms with Gasteiger partial charge in [0.15, 0.2) is 0 Å². The lowest BCUT2D eigenvalue weighted by molar-refractivity contribution is 0.845. The summed E-state index contributed by atoms with van der Waals surface area (Å²) in [7, 11) is 0. The van der Waals surface area contributed by atoms with Crippen molar-refractivity contribution in [3.63, 3.8) is 0 Å². The summed E-state index contributed by atoms with van der Waals surface area (Å²) < 4.78 is 3.63. The SMILES string of the molecule is Cc1ccccc1-n1nc(Br)cc1Br. The minimum atomic E-state index is 0.827. The number of para-hydroxylation sites is 1. The molecule has 14 heavy (non-hydrogen) atoms. The maximum atomic E-state index is 4.33. The molecule has 4 heteroatoms. The zero-order valence-corrected chi connectivity index (χ0v) is 10.7. The minimum absolute atomic E-state index is 0.827. The van der Waals surface area contributed by atoms with Crippen LogP contribution in [0.4, 0.5) is 0 Å². The van der Waals surface area contributed by atoms with Crippen molar-refractivity contribution in [1.29, 1.82) is 0 Å². The summed E-state index contributed by atoms with van der Waals surface area (Å²) in [5.74, 6) is 0. The third kappa shape index (κ3) is 1.77. The van der Waals surface area contributed by atoms with Gasteiger partial charge in [0, 0.05) is 6.07 Å². The van der Waals surface area contributed by atoms with E-state index in [1.807, 2.05) is 28.9 Å². The molecule has 0 spiro atoms. The third-order valence-electron chi connectivity index (χ3n) is 1.98. The van der Waals surface area contributed by atoms with E-state index in [0.29, 0.717) is 0 Å². The number of halogens is 2. The molecule has 0 aliphatic rings. The fourth-order valence-electron chi connectivity index (χ4n) is 1.30. The first-order valence-electron chi connectivity index (χ1n) is 4.15. The van der Waals surface area contributed by atoms with Crippen LogP contribution in [0.3, 0.4) is 0 Å². The summed E-state index contributed by atoms with van der Waals surface area (Å²) >= 11 is 6.80. The molecule has 1 aromatic carbocycles. The fourth-order valence-corrected chi connectivity index (χ4v) is 2.47. The topological polar surface area (TPSA) is 17.8 Å². The van der Waals surface area contributed by atoms with E-state index in [1.165, 1.54) is 5.56 Å². The lowest BCUT2D eigenvalue weighted by atomic mass is 10.2. The second-order valence-electron chi connectivity index (χ2n) is 2.99. The van der Waals surface area contributed by atoms with E-state index in [9.17, 15) is 0 Å². The Labute approximate surface area is 99.2 Å². The zero-order chi connectivity index (χ0) is 10.1. The van der Waals surface area contributed by atoms with Crippen molar-refractivity contribution in [2.45, 2.75) is 6.92 Å². The van der Waals surface area contributed by atoms with Crippen LogP contribution in [0.5, 0.6) is 0 Å². The summed E-state index contributed by atoms with van der Waals surface area (Å²) in [6.45, 7) is 2.07. The van der Waals surface area contributed by atoms with Crippen LogP contribution in [-0.4, -0.2) is 9.78 Å². The lowest BCUT2D eigenvalue weighted by Crippen LogP contribution is -1.98. The Kier molecular flexibility index (Phi) is 2.74. The van der Waals surface area contributed by atoms with Crippen molar-refractivity contribution in [3.05, 3.63) is 45.1 Å². The van der Waals surface area contributed by atoms with E-state index >= 15 is 0 Å². The van der Waals surface area contributed by atoms with Crippen LogP contribution in [-0.2, 0) is 0 Å². The number of rotatable bonds is 1. The molecule has 0 radical (unpaired) electrons. The van der Waals surface area contributed by atoms with E-state index in [4.69, 9.17) is 0 Å².